The highest BCUT2D eigenvalue weighted by atomic mass is 16.3. The van der Waals surface area contributed by atoms with Crippen molar-refractivity contribution in [3.05, 3.63) is 24.0 Å². The van der Waals surface area contributed by atoms with Crippen LogP contribution in [0.5, 0.6) is 0 Å². The van der Waals surface area contributed by atoms with E-state index < -0.39 is 0 Å². The van der Waals surface area contributed by atoms with E-state index in [1.807, 2.05) is 0 Å². The molecule has 5 heteroatoms. The van der Waals surface area contributed by atoms with E-state index >= 15 is 0 Å². The van der Waals surface area contributed by atoms with Crippen LogP contribution in [-0.4, -0.2) is 40.1 Å². The maximum atomic E-state index is 12.2. The van der Waals surface area contributed by atoms with Crippen molar-refractivity contribution in [2.45, 2.75) is 18.9 Å². The number of rotatable bonds is 1. The molecule has 1 aromatic heterocycles. The lowest BCUT2D eigenvalue weighted by atomic mass is 10.00. The number of carbonyl (C=O) groups is 1. The summed E-state index contributed by atoms with van der Waals surface area (Å²) in [5.41, 5.74) is 6.54. The molecule has 3 rings (SSSR count). The Morgan fingerprint density at radius 2 is 2.22 bits per heavy atom. The Bertz CT molecular complexity index is 460. The summed E-state index contributed by atoms with van der Waals surface area (Å²) in [4.78, 5) is 18.1. The van der Waals surface area contributed by atoms with Crippen LogP contribution < -0.4 is 5.73 Å². The van der Waals surface area contributed by atoms with Crippen LogP contribution in [0.15, 0.2) is 18.3 Å². The molecule has 0 spiro atoms. The zero-order valence-corrected chi connectivity index (χ0v) is 10.1. The first-order chi connectivity index (χ1) is 8.65. The number of pyridine rings is 1. The van der Waals surface area contributed by atoms with Gasteiger partial charge in [-0.25, -0.2) is 4.98 Å². The van der Waals surface area contributed by atoms with Crippen LogP contribution in [-0.2, 0) is 0 Å². The van der Waals surface area contributed by atoms with Crippen LogP contribution in [0.1, 0.15) is 23.3 Å². The predicted molar refractivity (Wildman–Crippen MR) is 66.8 cm³/mol. The van der Waals surface area contributed by atoms with Crippen molar-refractivity contribution in [2.75, 3.05) is 18.8 Å². The number of nitrogens with zero attached hydrogens (tertiary/aromatic N) is 2. The fourth-order valence-electron chi connectivity index (χ4n) is 3.10. The van der Waals surface area contributed by atoms with Crippen molar-refractivity contribution in [1.29, 1.82) is 0 Å². The maximum Gasteiger partial charge on any atom is 0.272 e. The van der Waals surface area contributed by atoms with Crippen molar-refractivity contribution in [3.63, 3.8) is 0 Å². The van der Waals surface area contributed by atoms with E-state index in [2.05, 4.69) is 4.98 Å². The van der Waals surface area contributed by atoms with E-state index in [0.29, 0.717) is 23.8 Å². The molecule has 1 aliphatic heterocycles. The highest BCUT2D eigenvalue weighted by Gasteiger charge is 2.43. The van der Waals surface area contributed by atoms with Crippen molar-refractivity contribution in [2.24, 2.45) is 11.8 Å². The highest BCUT2D eigenvalue weighted by molar-refractivity contribution is 5.92. The van der Waals surface area contributed by atoms with Gasteiger partial charge in [0.15, 0.2) is 0 Å². The Balaban J connectivity index is 1.73. The third-order valence-electron chi connectivity index (χ3n) is 4.11. The van der Waals surface area contributed by atoms with E-state index in [4.69, 9.17) is 5.73 Å². The summed E-state index contributed by atoms with van der Waals surface area (Å²) in [6.07, 6.45) is 3.15. The quantitative estimate of drug-likeness (QED) is 0.757. The van der Waals surface area contributed by atoms with Gasteiger partial charge in [-0.1, -0.05) is 0 Å². The molecule has 1 saturated carbocycles. The van der Waals surface area contributed by atoms with Gasteiger partial charge in [0.05, 0.1) is 18.0 Å². The number of carbonyl (C=O) groups excluding carboxylic acids is 1. The molecule has 2 aliphatic rings. The fourth-order valence-corrected chi connectivity index (χ4v) is 3.10. The topological polar surface area (TPSA) is 79.5 Å². The van der Waals surface area contributed by atoms with E-state index in [0.717, 1.165) is 19.4 Å². The lowest BCUT2D eigenvalue weighted by molar-refractivity contribution is 0.0747. The second kappa shape index (κ2) is 4.24. The third kappa shape index (κ3) is 1.84. The number of aliphatic hydroxyl groups is 1. The number of hydrogen-bond acceptors (Lipinski definition) is 4. The molecule has 3 atom stereocenters. The molecule has 3 unspecified atom stereocenters. The number of aromatic nitrogens is 1. The average molecular weight is 247 g/mol. The van der Waals surface area contributed by atoms with Gasteiger partial charge in [0.2, 0.25) is 0 Å². The Morgan fingerprint density at radius 3 is 2.89 bits per heavy atom. The van der Waals surface area contributed by atoms with Crippen molar-refractivity contribution in [1.82, 2.24) is 9.88 Å². The second-order valence-corrected chi connectivity index (χ2v) is 5.26. The minimum atomic E-state index is -0.243. The molecular formula is C13H17N3O2. The molecule has 2 heterocycles. The largest absolute Gasteiger partial charge is 0.397 e. The van der Waals surface area contributed by atoms with Gasteiger partial charge in [0.1, 0.15) is 5.69 Å². The van der Waals surface area contributed by atoms with E-state index in [-0.39, 0.29) is 17.9 Å². The van der Waals surface area contributed by atoms with Crippen LogP contribution in [0.2, 0.25) is 0 Å². The molecule has 96 valence electrons. The maximum absolute atomic E-state index is 12.2. The van der Waals surface area contributed by atoms with Gasteiger partial charge in [-0.3, -0.25) is 4.79 Å². The number of likely N-dealkylation sites (tertiary alicyclic amines) is 1. The summed E-state index contributed by atoms with van der Waals surface area (Å²) >= 11 is 0. The third-order valence-corrected chi connectivity index (χ3v) is 4.11. The molecule has 0 bridgehead atoms. The van der Waals surface area contributed by atoms with Crippen LogP contribution in [0.25, 0.3) is 0 Å². The summed E-state index contributed by atoms with van der Waals surface area (Å²) in [7, 11) is 0. The normalized spacial score (nSPS) is 30.5. The summed E-state index contributed by atoms with van der Waals surface area (Å²) in [6, 6.07) is 3.34. The molecule has 5 nitrogen and oxygen atoms in total. The summed E-state index contributed by atoms with van der Waals surface area (Å²) in [6.45, 7) is 1.39. The highest BCUT2D eigenvalue weighted by Crippen LogP contribution is 2.38. The molecule has 1 aliphatic carbocycles. The lowest BCUT2D eigenvalue weighted by Crippen LogP contribution is -2.31. The van der Waals surface area contributed by atoms with Gasteiger partial charge >= 0.3 is 0 Å². The van der Waals surface area contributed by atoms with Crippen molar-refractivity contribution >= 4 is 11.6 Å². The van der Waals surface area contributed by atoms with Gasteiger partial charge in [0, 0.05) is 19.0 Å². The zero-order chi connectivity index (χ0) is 12.7. The van der Waals surface area contributed by atoms with Crippen LogP contribution in [0.4, 0.5) is 5.69 Å². The van der Waals surface area contributed by atoms with Gasteiger partial charge in [-0.15, -0.1) is 0 Å². The number of nitrogens with two attached hydrogens (primary N) is 1. The first-order valence-electron chi connectivity index (χ1n) is 6.34. The zero-order valence-electron chi connectivity index (χ0n) is 10.1. The molecule has 18 heavy (non-hydrogen) atoms. The Morgan fingerprint density at radius 1 is 1.39 bits per heavy atom. The number of hydrogen-bond donors (Lipinski definition) is 2. The standard InChI is InChI=1S/C13H17N3O2/c14-9-2-3-11(15-5-9)13(18)16-6-8-1-4-12(17)10(8)7-16/h2-3,5,8,10,12,17H,1,4,6-7,14H2. The summed E-state index contributed by atoms with van der Waals surface area (Å²) in [5.74, 6) is 0.650. The number of fused-ring (bicyclic) bond motifs is 1. The lowest BCUT2D eigenvalue weighted by Gasteiger charge is -2.17. The van der Waals surface area contributed by atoms with E-state index in [9.17, 15) is 9.90 Å². The summed E-state index contributed by atoms with van der Waals surface area (Å²) in [5, 5.41) is 9.84. The average Bonchev–Trinajstić information content (AvgIpc) is 2.92. The monoisotopic (exact) mass is 247 g/mol. The molecule has 0 radical (unpaired) electrons. The van der Waals surface area contributed by atoms with Gasteiger partial charge in [-0.05, 0) is 30.9 Å². The molecular weight excluding hydrogens is 230 g/mol. The predicted octanol–water partition coefficient (Wildman–Crippen LogP) is 0.507. The van der Waals surface area contributed by atoms with E-state index in [1.165, 1.54) is 6.20 Å². The van der Waals surface area contributed by atoms with Gasteiger partial charge < -0.3 is 15.7 Å². The smallest absolute Gasteiger partial charge is 0.272 e. The molecule has 3 N–H and O–H groups in total. The minimum absolute atomic E-state index is 0.0587. The van der Waals surface area contributed by atoms with Crippen molar-refractivity contribution < 1.29 is 9.90 Å². The molecule has 1 aromatic rings. The molecule has 1 saturated heterocycles. The first kappa shape index (κ1) is 11.5. The van der Waals surface area contributed by atoms with E-state index in [1.54, 1.807) is 17.0 Å². The molecule has 2 fully saturated rings. The fraction of sp³-hybridized carbons (Fsp3) is 0.538. The first-order valence-corrected chi connectivity index (χ1v) is 6.34. The van der Waals surface area contributed by atoms with Crippen molar-refractivity contribution in [3.8, 4) is 0 Å². The SMILES string of the molecule is Nc1ccc(C(=O)N2CC3CCC(O)C3C2)nc1. The minimum Gasteiger partial charge on any atom is -0.397 e. The van der Waals surface area contributed by atoms with Crippen LogP contribution >= 0.6 is 0 Å². The number of nitrogen functional groups attached to an aromatic ring is 1. The Labute approximate surface area is 106 Å². The Hall–Kier alpha value is -1.62. The summed E-state index contributed by atoms with van der Waals surface area (Å²) < 4.78 is 0. The number of anilines is 1. The Kier molecular flexibility index (Phi) is 2.70. The number of amides is 1. The van der Waals surface area contributed by atoms with Crippen LogP contribution in [0, 0.1) is 11.8 Å². The number of aliphatic hydroxyl groups excluding tert-OH is 1. The molecule has 1 amide bonds. The van der Waals surface area contributed by atoms with Gasteiger partial charge in [0.25, 0.3) is 5.91 Å². The van der Waals surface area contributed by atoms with Crippen LogP contribution in [0.3, 0.4) is 0 Å². The van der Waals surface area contributed by atoms with Gasteiger partial charge in [-0.2, -0.15) is 0 Å². The molecule has 0 aromatic carbocycles. The second-order valence-electron chi connectivity index (χ2n) is 5.26.